The second-order valence-corrected chi connectivity index (χ2v) is 8.64. The molecule has 1 aromatic heterocycles. The van der Waals surface area contributed by atoms with Gasteiger partial charge in [-0.2, -0.15) is 0 Å². The number of amides is 1. The van der Waals surface area contributed by atoms with Crippen LogP contribution in [0.25, 0.3) is 0 Å². The maximum Gasteiger partial charge on any atom is 0.316 e. The third-order valence-electron chi connectivity index (χ3n) is 4.67. The number of carbonyl (C=O) groups excluding carboxylic acids is 1. The fourth-order valence-corrected chi connectivity index (χ4v) is 3.45. The number of hydrogen-bond donors (Lipinski definition) is 2. The van der Waals surface area contributed by atoms with Gasteiger partial charge in [-0.05, 0) is 43.2 Å². The van der Waals surface area contributed by atoms with Crippen molar-refractivity contribution < 1.29 is 13.2 Å². The Morgan fingerprint density at radius 2 is 1.52 bits per heavy atom. The van der Waals surface area contributed by atoms with Gasteiger partial charge >= 0.3 is 11.1 Å². The Bertz CT molecular complexity index is 1310. The van der Waals surface area contributed by atoms with Crippen molar-refractivity contribution >= 4 is 21.6 Å². The Morgan fingerprint density at radius 1 is 0.935 bits per heavy atom. The maximum atomic E-state index is 12.4. The number of nitrogens with one attached hydrogen (secondary N) is 1. The summed E-state index contributed by atoms with van der Waals surface area (Å²) in [4.78, 5) is 36.9. The van der Waals surface area contributed by atoms with Crippen LogP contribution >= 0.6 is 0 Å². The molecule has 0 unspecified atom stereocenters. The molecule has 9 nitrogen and oxygen atoms in total. The Hall–Kier alpha value is -3.50. The van der Waals surface area contributed by atoms with Crippen LogP contribution in [0, 0.1) is 6.92 Å². The molecule has 2 aromatic carbocycles. The average molecular weight is 442 g/mol. The van der Waals surface area contributed by atoms with Crippen LogP contribution in [0.5, 0.6) is 0 Å². The topological polar surface area (TPSA) is 133 Å². The van der Waals surface area contributed by atoms with E-state index in [1.807, 2.05) is 19.1 Å². The summed E-state index contributed by atoms with van der Waals surface area (Å²) in [6, 6.07) is 13.2. The first kappa shape index (κ1) is 22.2. The highest BCUT2D eigenvalue weighted by Crippen LogP contribution is 2.10. The number of primary sulfonamides is 1. The van der Waals surface area contributed by atoms with E-state index >= 15 is 0 Å². The molecule has 3 aromatic rings. The average Bonchev–Trinajstić information content (AvgIpc) is 2.72. The summed E-state index contributed by atoms with van der Waals surface area (Å²) >= 11 is 0. The van der Waals surface area contributed by atoms with E-state index in [2.05, 4.69) is 5.32 Å². The summed E-state index contributed by atoms with van der Waals surface area (Å²) < 4.78 is 24.9. The largest absolute Gasteiger partial charge is 0.325 e. The highest BCUT2D eigenvalue weighted by atomic mass is 32.2. The molecule has 0 aliphatic heterocycles. The molecule has 0 aliphatic carbocycles. The van der Waals surface area contributed by atoms with Crippen LogP contribution in [-0.2, 0) is 34.3 Å². The molecule has 0 bridgehead atoms. The Balaban J connectivity index is 1.66. The van der Waals surface area contributed by atoms with E-state index in [0.29, 0.717) is 12.1 Å². The number of benzene rings is 2. The van der Waals surface area contributed by atoms with Crippen LogP contribution in [0.3, 0.4) is 0 Å². The molecular weight excluding hydrogens is 420 g/mol. The van der Waals surface area contributed by atoms with Crippen molar-refractivity contribution in [3.63, 3.8) is 0 Å². The fraction of sp³-hybridized carbons (Fsp3) is 0.190. The number of anilines is 1. The molecule has 0 fully saturated rings. The van der Waals surface area contributed by atoms with Gasteiger partial charge in [0.05, 0.1) is 4.90 Å². The van der Waals surface area contributed by atoms with Crippen LogP contribution in [0.15, 0.2) is 75.4 Å². The molecule has 31 heavy (non-hydrogen) atoms. The van der Waals surface area contributed by atoms with Crippen molar-refractivity contribution in [2.75, 3.05) is 5.32 Å². The summed E-state index contributed by atoms with van der Waals surface area (Å²) in [5, 5.41) is 7.75. The van der Waals surface area contributed by atoms with Crippen molar-refractivity contribution in [3.05, 3.63) is 92.8 Å². The van der Waals surface area contributed by atoms with Crippen LogP contribution in [0.4, 0.5) is 5.69 Å². The predicted octanol–water partition coefficient (Wildman–Crippen LogP) is 0.847. The Kier molecular flexibility index (Phi) is 6.52. The molecule has 0 saturated carbocycles. The molecular formula is C21H22N4O5S. The molecule has 0 radical (unpaired) electrons. The lowest BCUT2D eigenvalue weighted by molar-refractivity contribution is -0.116. The van der Waals surface area contributed by atoms with Crippen LogP contribution in [0.1, 0.15) is 11.1 Å². The lowest BCUT2D eigenvalue weighted by atomic mass is 10.1. The van der Waals surface area contributed by atoms with E-state index in [-0.39, 0.29) is 18.0 Å². The first-order chi connectivity index (χ1) is 14.6. The Morgan fingerprint density at radius 3 is 2.13 bits per heavy atom. The van der Waals surface area contributed by atoms with Gasteiger partial charge < -0.3 is 9.88 Å². The van der Waals surface area contributed by atoms with Crippen LogP contribution < -0.4 is 21.6 Å². The van der Waals surface area contributed by atoms with Gasteiger partial charge in [0, 0.05) is 24.6 Å². The second kappa shape index (κ2) is 9.11. The lowest BCUT2D eigenvalue weighted by Gasteiger charge is -2.10. The smallest absolute Gasteiger partial charge is 0.316 e. The minimum atomic E-state index is -3.77. The first-order valence-electron chi connectivity index (χ1n) is 9.41. The number of aromatic nitrogens is 2. The number of sulfonamides is 1. The number of aryl methyl sites for hydroxylation is 3. The zero-order valence-corrected chi connectivity index (χ0v) is 17.6. The lowest BCUT2D eigenvalue weighted by Crippen LogP contribution is -2.42. The van der Waals surface area contributed by atoms with Crippen molar-refractivity contribution in [1.29, 1.82) is 0 Å². The van der Waals surface area contributed by atoms with Crippen LogP contribution in [-0.4, -0.2) is 23.5 Å². The number of nitrogens with two attached hydrogens (primary N) is 1. The van der Waals surface area contributed by atoms with E-state index in [4.69, 9.17) is 5.14 Å². The zero-order valence-electron chi connectivity index (χ0n) is 16.8. The van der Waals surface area contributed by atoms with Gasteiger partial charge in [0.2, 0.25) is 15.9 Å². The summed E-state index contributed by atoms with van der Waals surface area (Å²) in [5.41, 5.74) is 0.891. The van der Waals surface area contributed by atoms with Crippen molar-refractivity contribution in [2.45, 2.75) is 31.3 Å². The highest BCUT2D eigenvalue weighted by molar-refractivity contribution is 7.89. The van der Waals surface area contributed by atoms with Gasteiger partial charge in [-0.1, -0.05) is 29.8 Å². The van der Waals surface area contributed by atoms with Gasteiger partial charge in [0.1, 0.15) is 6.54 Å². The Labute approximate surface area is 178 Å². The number of nitrogens with zero attached hydrogens (tertiary/aromatic N) is 2. The number of rotatable bonds is 7. The van der Waals surface area contributed by atoms with Crippen molar-refractivity contribution in [1.82, 2.24) is 9.13 Å². The third kappa shape index (κ3) is 5.77. The third-order valence-corrected chi connectivity index (χ3v) is 5.60. The summed E-state index contributed by atoms with van der Waals surface area (Å²) in [6.07, 6.45) is 3.24. The standard InChI is InChI=1S/C21H22N4O5S/c1-15-2-6-17(7-3-15)23-19(26)14-25-13-12-24(20(27)21(25)28)11-10-16-4-8-18(9-5-16)31(22,29)30/h2-9,12-13H,10-11,14H2,1H3,(H,23,26)(H2,22,29,30). The highest BCUT2D eigenvalue weighted by Gasteiger charge is 2.10. The van der Waals surface area contributed by atoms with E-state index < -0.39 is 27.0 Å². The summed E-state index contributed by atoms with van der Waals surface area (Å²) in [7, 11) is -3.77. The van der Waals surface area contributed by atoms with E-state index in [1.165, 1.54) is 29.1 Å². The predicted molar refractivity (Wildman–Crippen MR) is 116 cm³/mol. The molecule has 0 atom stereocenters. The first-order valence-corrected chi connectivity index (χ1v) is 11.0. The van der Waals surface area contributed by atoms with Gasteiger partial charge in [0.25, 0.3) is 0 Å². The van der Waals surface area contributed by atoms with Gasteiger partial charge in [0.15, 0.2) is 0 Å². The van der Waals surface area contributed by atoms with Gasteiger partial charge in [-0.15, -0.1) is 0 Å². The van der Waals surface area contributed by atoms with Crippen molar-refractivity contribution in [3.8, 4) is 0 Å². The molecule has 3 rings (SSSR count). The minimum absolute atomic E-state index is 0.0000665. The number of hydrogen-bond acceptors (Lipinski definition) is 5. The molecule has 0 spiro atoms. The van der Waals surface area contributed by atoms with Crippen LogP contribution in [0.2, 0.25) is 0 Å². The minimum Gasteiger partial charge on any atom is -0.325 e. The monoisotopic (exact) mass is 442 g/mol. The molecule has 1 heterocycles. The fourth-order valence-electron chi connectivity index (χ4n) is 2.93. The molecule has 162 valence electrons. The number of carbonyl (C=O) groups is 1. The molecule has 10 heteroatoms. The van der Waals surface area contributed by atoms with E-state index in [9.17, 15) is 22.8 Å². The summed E-state index contributed by atoms with van der Waals surface area (Å²) in [6.45, 7) is 1.87. The normalized spacial score (nSPS) is 11.3. The van der Waals surface area contributed by atoms with E-state index in [1.54, 1.807) is 24.3 Å². The SMILES string of the molecule is Cc1ccc(NC(=O)Cn2ccn(CCc3ccc(S(N)(=O)=O)cc3)c(=O)c2=O)cc1. The quantitative estimate of drug-likeness (QED) is 0.523. The van der Waals surface area contributed by atoms with Crippen molar-refractivity contribution in [2.24, 2.45) is 5.14 Å². The van der Waals surface area contributed by atoms with Gasteiger partial charge in [-0.3, -0.25) is 19.0 Å². The van der Waals surface area contributed by atoms with Gasteiger partial charge in [-0.25, -0.2) is 13.6 Å². The zero-order chi connectivity index (χ0) is 22.6. The van der Waals surface area contributed by atoms with E-state index in [0.717, 1.165) is 15.7 Å². The molecule has 1 amide bonds. The molecule has 0 saturated heterocycles. The second-order valence-electron chi connectivity index (χ2n) is 7.08. The maximum absolute atomic E-state index is 12.4. The summed E-state index contributed by atoms with van der Waals surface area (Å²) in [5.74, 6) is -0.418. The molecule has 3 N–H and O–H groups in total. The molecule has 0 aliphatic rings.